The normalized spacial score (nSPS) is 28.2. The van der Waals surface area contributed by atoms with E-state index in [1.165, 1.54) is 48.5 Å². The van der Waals surface area contributed by atoms with Crippen LogP contribution in [0.2, 0.25) is 0 Å². The van der Waals surface area contributed by atoms with E-state index in [0.717, 1.165) is 12.4 Å². The van der Waals surface area contributed by atoms with Gasteiger partial charge in [0.2, 0.25) is 0 Å². The third-order valence-electron chi connectivity index (χ3n) is 19.4. The number of rotatable bonds is 13. The molecule has 0 unspecified atom stereocenters. The SMILES string of the molecule is CC(C)(C)OC(=O)CC1=N[C@](C)(c2cc(CC(=O)c3ncc(F)cc3F)ccc2F)[C@@H]2CCN=[S@]2(=O)C1(C)C.CC(C)(C)OC(=O)CC1=N[C@](C)(c2cc(N)ccc2F)[C@@H]2CCN=[S@]2(=O)C1(C)C.CC1(C)C(N)=N[C@](C)(c2cc(CC(=O)c3ncc(F)cc3F)ccc2F)[C@@H]2CCN=[S@@]21=O. The number of amidine groups is 1. The molecule has 0 bridgehead atoms. The Morgan fingerprint density at radius 3 is 1.14 bits per heavy atom. The number of halogens is 7. The number of benzene rings is 3. The first-order valence-corrected chi connectivity index (χ1v) is 37.3. The molecule has 540 valence electrons. The monoisotopic (exact) mass is 1450 g/mol. The van der Waals surface area contributed by atoms with Crippen LogP contribution in [0.5, 0.6) is 0 Å². The van der Waals surface area contributed by atoms with Crippen molar-refractivity contribution in [2.75, 3.05) is 25.4 Å². The summed E-state index contributed by atoms with van der Waals surface area (Å²) in [6.07, 6.45) is 1.93. The number of hydrogen-bond donors (Lipinski definition) is 2. The topological polar surface area (TPSA) is 290 Å². The molecular formula is C71H85F7N10O9S3. The Kier molecular flexibility index (Phi) is 20.5. The highest BCUT2D eigenvalue weighted by Gasteiger charge is 2.60. The average Bonchev–Trinajstić information content (AvgIpc) is 1.40. The molecule has 19 nitrogen and oxygen atoms in total. The molecule has 0 saturated heterocycles. The molecule has 6 aliphatic heterocycles. The number of aliphatic imine (C=N–C) groups is 3. The van der Waals surface area contributed by atoms with Crippen LogP contribution in [0, 0.1) is 40.7 Å². The molecule has 100 heavy (non-hydrogen) atoms. The maximum Gasteiger partial charge on any atom is 0.312 e. The van der Waals surface area contributed by atoms with Crippen LogP contribution in [0.25, 0.3) is 0 Å². The lowest BCUT2D eigenvalue weighted by Crippen LogP contribution is -2.58. The number of Topliss-reactive ketones (excluding diaryl/α,β-unsaturated/α-hetero) is 2. The first-order chi connectivity index (χ1) is 46.1. The van der Waals surface area contributed by atoms with E-state index >= 15 is 8.78 Å². The van der Waals surface area contributed by atoms with Gasteiger partial charge in [-0.05, 0) is 177 Å². The predicted octanol–water partition coefficient (Wildman–Crippen LogP) is 12.7. The van der Waals surface area contributed by atoms with Crippen molar-refractivity contribution >= 4 is 75.6 Å². The van der Waals surface area contributed by atoms with Crippen LogP contribution in [0.4, 0.5) is 36.4 Å². The van der Waals surface area contributed by atoms with Gasteiger partial charge in [0.25, 0.3) is 0 Å². The van der Waals surface area contributed by atoms with Gasteiger partial charge in [-0.3, -0.25) is 34.2 Å². The van der Waals surface area contributed by atoms with Crippen LogP contribution in [0.3, 0.4) is 0 Å². The van der Waals surface area contributed by atoms with E-state index in [1.54, 1.807) is 110 Å². The fourth-order valence-corrected chi connectivity index (χ4v) is 23.7. The van der Waals surface area contributed by atoms with E-state index in [9.17, 15) is 53.8 Å². The Hall–Kier alpha value is -7.79. The third kappa shape index (κ3) is 14.0. The zero-order chi connectivity index (χ0) is 74.3. The number of anilines is 1. The molecule has 2 aromatic heterocycles. The number of nitrogens with zero attached hydrogens (tertiary/aromatic N) is 8. The molecule has 0 radical (unpaired) electrons. The Bertz CT molecular complexity index is 4710. The standard InChI is InChI=1S/C28H32F3N3O4S.C22H23F3N4O2S.C21H30FN3O3S/c1-26(2,3)38-24(36)14-22-27(4,5)39(37)23(9-10-33-39)28(6,34-22)18-11-16(7-8-19(18)30)12-21(35)25-20(31)13-17(29)15-32-25;1-21(2)20(26)29-22(3,18-6-7-28-32(18,21)31)14-8-12(4-5-15(14)24)9-17(30)19-16(25)10-13(23)11-27-19;1-19(2,3)28-18(26)12-16-20(4,5)29(27)17(9-10-24-29)21(6,25-16)14-11-13(23)7-8-15(14)22/h7-8,11,13,15,23H,9-10,12,14H2,1-6H3;4-5,8,10-11,18H,6-7,9H2,1-3H3,(H2,26,29);7-8,11,17H,9-10,12,23H2,1-6H3/t23-,28+,39+;18-,22+,32+;17-,21+,29+/m000/s1. The van der Waals surface area contributed by atoms with Crippen LogP contribution < -0.4 is 11.5 Å². The second-order valence-electron chi connectivity index (χ2n) is 29.7. The summed E-state index contributed by atoms with van der Waals surface area (Å²) in [5.74, 6) is -7.91. The number of aromatic nitrogens is 2. The zero-order valence-corrected chi connectivity index (χ0v) is 61.0. The van der Waals surface area contributed by atoms with E-state index in [4.69, 9.17) is 30.9 Å². The van der Waals surface area contributed by atoms with Gasteiger partial charge in [0.15, 0.2) is 23.2 Å². The third-order valence-corrected chi connectivity index (χ3v) is 30.5. The minimum atomic E-state index is -3.02. The lowest BCUT2D eigenvalue weighted by atomic mass is 9.84. The molecule has 5 aromatic rings. The van der Waals surface area contributed by atoms with Gasteiger partial charge in [-0.15, -0.1) is 0 Å². The predicted molar refractivity (Wildman–Crippen MR) is 371 cm³/mol. The van der Waals surface area contributed by atoms with E-state index in [2.05, 4.69) is 28.0 Å². The van der Waals surface area contributed by atoms with Crippen LogP contribution in [0.15, 0.2) is 107 Å². The molecule has 0 spiro atoms. The van der Waals surface area contributed by atoms with Gasteiger partial charge in [-0.1, -0.05) is 12.1 Å². The number of nitrogens with two attached hydrogens (primary N) is 2. The summed E-state index contributed by atoms with van der Waals surface area (Å²) in [5, 5.41) is -1.68. The Balaban J connectivity index is 0.000000177. The molecule has 4 N–H and O–H groups in total. The van der Waals surface area contributed by atoms with Gasteiger partial charge >= 0.3 is 11.9 Å². The Labute approximate surface area is 579 Å². The minimum absolute atomic E-state index is 0.0901. The van der Waals surface area contributed by atoms with Crippen LogP contribution >= 0.6 is 0 Å². The number of nitrogen functional groups attached to an aromatic ring is 1. The smallest absolute Gasteiger partial charge is 0.312 e. The van der Waals surface area contributed by atoms with E-state index in [0.29, 0.717) is 79.3 Å². The maximum atomic E-state index is 15.5. The highest BCUT2D eigenvalue weighted by Crippen LogP contribution is 2.52. The molecule has 29 heteroatoms. The largest absolute Gasteiger partial charge is 0.460 e. The molecule has 0 amide bonds. The number of ether oxygens (including phenoxy) is 2. The fourth-order valence-electron chi connectivity index (χ4n) is 14.0. The molecule has 0 fully saturated rings. The van der Waals surface area contributed by atoms with E-state index in [1.807, 2.05) is 0 Å². The van der Waals surface area contributed by atoms with Crippen molar-refractivity contribution in [3.05, 3.63) is 159 Å². The number of hydrogen-bond acceptors (Lipinski definition) is 19. The number of carbonyl (C=O) groups excluding carboxylic acids is 4. The summed E-state index contributed by atoms with van der Waals surface area (Å²) >= 11 is 0. The van der Waals surface area contributed by atoms with Crippen molar-refractivity contribution in [2.24, 2.45) is 33.8 Å². The number of pyridine rings is 2. The lowest BCUT2D eigenvalue weighted by molar-refractivity contribution is -0.154. The Morgan fingerprint density at radius 2 is 0.790 bits per heavy atom. The summed E-state index contributed by atoms with van der Waals surface area (Å²) in [4.78, 5) is 72.1. The molecule has 0 aliphatic carbocycles. The van der Waals surface area contributed by atoms with E-state index in [-0.39, 0.29) is 48.2 Å². The van der Waals surface area contributed by atoms with Crippen LogP contribution in [-0.4, -0.2) is 124 Å². The van der Waals surface area contributed by atoms with E-state index < -0.39 is 163 Å². The Morgan fingerprint density at radius 1 is 0.460 bits per heavy atom. The fraction of sp³-hybridized carbons (Fsp3) is 0.507. The van der Waals surface area contributed by atoms with Crippen molar-refractivity contribution in [3.63, 3.8) is 0 Å². The van der Waals surface area contributed by atoms with Gasteiger partial charge in [0.1, 0.15) is 78.9 Å². The molecule has 8 heterocycles. The summed E-state index contributed by atoms with van der Waals surface area (Å²) in [6, 6.07) is 13.5. The molecule has 3 aromatic carbocycles. The molecular weight excluding hydrogens is 1370 g/mol. The van der Waals surface area contributed by atoms with Crippen LogP contribution in [-0.2, 0) is 77.7 Å². The van der Waals surface area contributed by atoms with Gasteiger partial charge in [-0.2, -0.15) is 0 Å². The first kappa shape index (κ1) is 76.4. The maximum absolute atomic E-state index is 15.5. The summed E-state index contributed by atoms with van der Waals surface area (Å²) in [5.41, 5.74) is 8.30. The van der Waals surface area contributed by atoms with Crippen molar-refractivity contribution in [1.82, 2.24) is 9.97 Å². The minimum Gasteiger partial charge on any atom is -0.460 e. The molecule has 11 rings (SSSR count). The lowest BCUT2D eigenvalue weighted by Gasteiger charge is -2.46. The summed E-state index contributed by atoms with van der Waals surface area (Å²) < 4.78 is 164. The number of carbonyl (C=O) groups is 4. The quantitative estimate of drug-likeness (QED) is 0.0480. The van der Waals surface area contributed by atoms with Crippen molar-refractivity contribution < 1.29 is 72.0 Å². The highest BCUT2D eigenvalue weighted by atomic mass is 32.2. The van der Waals surface area contributed by atoms with Crippen molar-refractivity contribution in [1.29, 1.82) is 0 Å². The number of ketones is 2. The molecule has 0 saturated carbocycles. The van der Waals surface area contributed by atoms with Gasteiger partial charge in [0, 0.05) is 78.4 Å². The number of fused-ring (bicyclic) bond motifs is 3. The number of esters is 2. The first-order valence-electron chi connectivity index (χ1n) is 32.5. The average molecular weight is 1450 g/mol. The summed E-state index contributed by atoms with van der Waals surface area (Å²) in [6.45, 7) is 27.3. The molecule has 9 atom stereocenters. The highest BCUT2D eigenvalue weighted by molar-refractivity contribution is 7.97. The van der Waals surface area contributed by atoms with Crippen molar-refractivity contribution in [3.8, 4) is 0 Å². The van der Waals surface area contributed by atoms with Gasteiger partial charge in [0.05, 0.1) is 79.7 Å². The van der Waals surface area contributed by atoms with Gasteiger partial charge in [-0.25, -0.2) is 66.4 Å². The second kappa shape index (κ2) is 26.9. The zero-order valence-electron chi connectivity index (χ0n) is 58.6. The molecule has 6 aliphatic rings. The van der Waals surface area contributed by atoms with Crippen molar-refractivity contribution in [2.45, 2.75) is 207 Å². The second-order valence-corrected chi connectivity index (χ2v) is 38.7. The van der Waals surface area contributed by atoms with Crippen LogP contribution in [0.1, 0.15) is 185 Å². The van der Waals surface area contributed by atoms with Gasteiger partial charge < -0.3 is 20.9 Å². The summed E-state index contributed by atoms with van der Waals surface area (Å²) in [7, 11) is -8.68.